The van der Waals surface area contributed by atoms with Crippen LogP contribution in [0.5, 0.6) is 0 Å². The van der Waals surface area contributed by atoms with Crippen LogP contribution in [0.1, 0.15) is 21.7 Å². The van der Waals surface area contributed by atoms with Crippen LogP contribution in [0.2, 0.25) is 0 Å². The molecule has 3 N–H and O–H groups in total. The summed E-state index contributed by atoms with van der Waals surface area (Å²) in [6.45, 7) is 0.251. The Hall–Kier alpha value is -3.34. The van der Waals surface area contributed by atoms with Crippen LogP contribution in [0.15, 0.2) is 65.8 Å². The predicted octanol–water partition coefficient (Wildman–Crippen LogP) is 3.20. The smallest absolute Gasteiger partial charge is 0.352 e. The second-order valence-electron chi connectivity index (χ2n) is 6.22. The monoisotopic (exact) mass is 438 g/mol. The van der Waals surface area contributed by atoms with Gasteiger partial charge in [-0.1, -0.05) is 18.2 Å². The number of hydrogen-bond acceptors (Lipinski definition) is 4. The maximum atomic E-state index is 12.9. The fraction of sp³-hybridized carbons (Fsp3) is 0.158. The first kappa shape index (κ1) is 21.4. The Balaban J connectivity index is 1.77. The lowest BCUT2D eigenvalue weighted by Crippen LogP contribution is -2.27. The van der Waals surface area contributed by atoms with Gasteiger partial charge in [0.2, 0.25) is 0 Å². The van der Waals surface area contributed by atoms with Crippen molar-refractivity contribution < 1.29 is 26.4 Å². The van der Waals surface area contributed by atoms with Crippen molar-refractivity contribution in [3.63, 3.8) is 0 Å². The van der Waals surface area contributed by atoms with E-state index in [2.05, 4.69) is 20.0 Å². The third kappa shape index (κ3) is 5.17. The van der Waals surface area contributed by atoms with Gasteiger partial charge in [0.25, 0.3) is 15.9 Å². The van der Waals surface area contributed by atoms with Crippen molar-refractivity contribution in [2.45, 2.75) is 17.5 Å². The van der Waals surface area contributed by atoms with Crippen molar-refractivity contribution in [1.82, 2.24) is 15.3 Å². The molecule has 2 aromatic carbocycles. The number of sulfonamides is 1. The molecule has 1 amide bonds. The number of para-hydroxylation sites is 1. The van der Waals surface area contributed by atoms with Crippen LogP contribution in [0, 0.1) is 0 Å². The Morgan fingerprint density at radius 2 is 1.87 bits per heavy atom. The number of imidazole rings is 1. The van der Waals surface area contributed by atoms with Crippen LogP contribution in [0.3, 0.4) is 0 Å². The molecule has 0 fully saturated rings. The maximum Gasteiger partial charge on any atom is 0.416 e. The van der Waals surface area contributed by atoms with Gasteiger partial charge < -0.3 is 10.3 Å². The van der Waals surface area contributed by atoms with Gasteiger partial charge >= 0.3 is 6.18 Å². The molecule has 0 aliphatic rings. The summed E-state index contributed by atoms with van der Waals surface area (Å²) in [6, 6.07) is 9.17. The molecule has 1 aromatic heterocycles. The second kappa shape index (κ2) is 8.57. The molecule has 0 atom stereocenters. The first-order valence-corrected chi connectivity index (χ1v) is 10.2. The second-order valence-corrected chi connectivity index (χ2v) is 7.90. The molecule has 1 heterocycles. The molecule has 0 unspecified atom stereocenters. The molecule has 0 spiro atoms. The number of rotatable bonds is 7. The van der Waals surface area contributed by atoms with E-state index in [0.29, 0.717) is 18.3 Å². The van der Waals surface area contributed by atoms with Gasteiger partial charge in [-0.3, -0.25) is 9.52 Å². The summed E-state index contributed by atoms with van der Waals surface area (Å²) in [6.07, 6.45) is -1.02. The van der Waals surface area contributed by atoms with Crippen molar-refractivity contribution in [2.24, 2.45) is 0 Å². The van der Waals surface area contributed by atoms with E-state index in [9.17, 15) is 26.4 Å². The van der Waals surface area contributed by atoms with Crippen LogP contribution in [-0.4, -0.2) is 30.8 Å². The Bertz CT molecular complexity index is 1130. The summed E-state index contributed by atoms with van der Waals surface area (Å²) in [5.41, 5.74) is -1.10. The van der Waals surface area contributed by atoms with Gasteiger partial charge in [0.1, 0.15) is 5.82 Å². The Labute approximate surface area is 170 Å². The highest BCUT2D eigenvalue weighted by Crippen LogP contribution is 2.31. The highest BCUT2D eigenvalue weighted by Gasteiger charge is 2.31. The van der Waals surface area contributed by atoms with Gasteiger partial charge in [0.15, 0.2) is 0 Å². The molecular weight excluding hydrogens is 421 g/mol. The zero-order valence-corrected chi connectivity index (χ0v) is 16.2. The largest absolute Gasteiger partial charge is 0.416 e. The van der Waals surface area contributed by atoms with Crippen molar-refractivity contribution in [1.29, 1.82) is 0 Å². The van der Waals surface area contributed by atoms with Crippen molar-refractivity contribution in [2.75, 3.05) is 11.3 Å². The fourth-order valence-corrected chi connectivity index (χ4v) is 3.76. The van der Waals surface area contributed by atoms with Gasteiger partial charge in [0, 0.05) is 25.4 Å². The van der Waals surface area contributed by atoms with Gasteiger partial charge in [-0.05, 0) is 30.3 Å². The Morgan fingerprint density at radius 3 is 2.57 bits per heavy atom. The molecule has 3 aromatic rings. The van der Waals surface area contributed by atoms with Gasteiger partial charge in [-0.15, -0.1) is 0 Å². The van der Waals surface area contributed by atoms with E-state index in [1.165, 1.54) is 18.2 Å². The lowest BCUT2D eigenvalue weighted by atomic mass is 10.1. The number of nitrogens with one attached hydrogen (secondary N) is 3. The van der Waals surface area contributed by atoms with Crippen molar-refractivity contribution in [3.8, 4) is 0 Å². The third-order valence-electron chi connectivity index (χ3n) is 4.09. The summed E-state index contributed by atoms with van der Waals surface area (Å²) in [5.74, 6) is 0.137. The number of amides is 1. The molecule has 3 rings (SSSR count). The normalized spacial score (nSPS) is 11.8. The van der Waals surface area contributed by atoms with Crippen molar-refractivity contribution in [3.05, 3.63) is 77.9 Å². The molecule has 11 heteroatoms. The van der Waals surface area contributed by atoms with Crippen LogP contribution >= 0.6 is 0 Å². The summed E-state index contributed by atoms with van der Waals surface area (Å²) >= 11 is 0. The summed E-state index contributed by atoms with van der Waals surface area (Å²) in [7, 11) is -4.35. The van der Waals surface area contributed by atoms with Crippen LogP contribution in [-0.2, 0) is 22.6 Å². The molecule has 7 nitrogen and oxygen atoms in total. The van der Waals surface area contributed by atoms with Crippen LogP contribution in [0.25, 0.3) is 0 Å². The van der Waals surface area contributed by atoms with E-state index < -0.39 is 32.6 Å². The number of carbonyl (C=O) groups excluding carboxylic acids is 1. The lowest BCUT2D eigenvalue weighted by molar-refractivity contribution is -0.137. The number of anilines is 1. The first-order valence-electron chi connectivity index (χ1n) is 8.72. The van der Waals surface area contributed by atoms with E-state index in [1.807, 2.05) is 0 Å². The van der Waals surface area contributed by atoms with E-state index in [0.717, 1.165) is 18.2 Å². The maximum absolute atomic E-state index is 12.9. The number of aromatic nitrogens is 2. The summed E-state index contributed by atoms with van der Waals surface area (Å²) < 4.78 is 66.1. The Kier molecular flexibility index (Phi) is 6.11. The molecule has 0 bridgehead atoms. The van der Waals surface area contributed by atoms with Gasteiger partial charge in [-0.2, -0.15) is 13.2 Å². The van der Waals surface area contributed by atoms with Crippen molar-refractivity contribution >= 4 is 21.6 Å². The topological polar surface area (TPSA) is 104 Å². The average molecular weight is 438 g/mol. The highest BCUT2D eigenvalue weighted by atomic mass is 32.2. The fourth-order valence-electron chi connectivity index (χ4n) is 2.64. The van der Waals surface area contributed by atoms with Crippen LogP contribution < -0.4 is 10.0 Å². The molecule has 158 valence electrons. The number of halogens is 3. The standard InChI is InChI=1S/C19H17F3N4O3S/c20-19(21,22)13-4-3-5-14(12-13)30(28,29)26-16-7-2-1-6-15(16)18(27)25-9-8-17-23-10-11-24-17/h1-7,10-12,26H,8-9H2,(H,23,24)(H,25,27). The van der Waals surface area contributed by atoms with Gasteiger partial charge in [-0.25, -0.2) is 13.4 Å². The zero-order chi connectivity index (χ0) is 21.8. The number of H-pyrrole nitrogens is 1. The van der Waals surface area contributed by atoms with Gasteiger partial charge in [0.05, 0.1) is 21.7 Å². The third-order valence-corrected chi connectivity index (χ3v) is 5.45. The number of hydrogen-bond donors (Lipinski definition) is 3. The average Bonchev–Trinajstić information content (AvgIpc) is 3.21. The SMILES string of the molecule is O=C(NCCc1ncc[nH]1)c1ccccc1NS(=O)(=O)c1cccc(C(F)(F)F)c1. The molecule has 0 aliphatic heterocycles. The van der Waals surface area contributed by atoms with E-state index >= 15 is 0 Å². The number of benzene rings is 2. The van der Waals surface area contributed by atoms with E-state index in [1.54, 1.807) is 18.5 Å². The number of nitrogens with zero attached hydrogens (tertiary/aromatic N) is 1. The molecule has 0 radical (unpaired) electrons. The molecule has 30 heavy (non-hydrogen) atoms. The lowest BCUT2D eigenvalue weighted by Gasteiger charge is -2.14. The number of carbonyl (C=O) groups is 1. The number of alkyl halides is 3. The molecule has 0 aliphatic carbocycles. The minimum atomic E-state index is -4.68. The quantitative estimate of drug-likeness (QED) is 0.527. The minimum absolute atomic E-state index is 0.0347. The summed E-state index contributed by atoms with van der Waals surface area (Å²) in [5, 5.41) is 2.65. The predicted molar refractivity (Wildman–Crippen MR) is 103 cm³/mol. The van der Waals surface area contributed by atoms with E-state index in [-0.39, 0.29) is 17.8 Å². The molecular formula is C19H17F3N4O3S. The first-order chi connectivity index (χ1) is 14.2. The Morgan fingerprint density at radius 1 is 1.10 bits per heavy atom. The number of aromatic amines is 1. The highest BCUT2D eigenvalue weighted by molar-refractivity contribution is 7.92. The zero-order valence-electron chi connectivity index (χ0n) is 15.4. The van der Waals surface area contributed by atoms with Crippen LogP contribution in [0.4, 0.5) is 18.9 Å². The minimum Gasteiger partial charge on any atom is -0.352 e. The summed E-state index contributed by atoms with van der Waals surface area (Å²) in [4.78, 5) is 18.8. The molecule has 0 saturated carbocycles. The van der Waals surface area contributed by atoms with E-state index in [4.69, 9.17) is 0 Å². The molecule has 0 saturated heterocycles.